The Bertz CT molecular complexity index is 1010. The zero-order chi connectivity index (χ0) is 20.1. The van der Waals surface area contributed by atoms with Crippen molar-refractivity contribution in [3.63, 3.8) is 0 Å². The van der Waals surface area contributed by atoms with E-state index in [9.17, 15) is 9.59 Å². The first-order chi connectivity index (χ1) is 13.4. The fraction of sp³-hybridized carbons (Fsp3) is 0.273. The summed E-state index contributed by atoms with van der Waals surface area (Å²) in [6.45, 7) is 4.44. The Labute approximate surface area is 163 Å². The van der Waals surface area contributed by atoms with E-state index >= 15 is 0 Å². The number of rotatable bonds is 7. The molecule has 146 valence electrons. The Morgan fingerprint density at radius 2 is 1.75 bits per heavy atom. The van der Waals surface area contributed by atoms with Crippen molar-refractivity contribution in [1.82, 2.24) is 5.32 Å². The highest BCUT2D eigenvalue weighted by Gasteiger charge is 2.10. The lowest BCUT2D eigenvalue weighted by Crippen LogP contribution is -2.35. The number of nitrogens with one attached hydrogen (secondary N) is 1. The summed E-state index contributed by atoms with van der Waals surface area (Å²) in [4.78, 5) is 23.3. The topological polar surface area (TPSA) is 94.6 Å². The van der Waals surface area contributed by atoms with Crippen LogP contribution in [0, 0.1) is 0 Å². The molecule has 0 bridgehead atoms. The molecule has 0 saturated heterocycles. The molecule has 3 N–H and O–H groups in total. The molecule has 6 heteroatoms. The lowest BCUT2D eigenvalue weighted by Gasteiger charge is -2.15. The SMILES string of the molecule is CC(C)c1ccc(C(N)CNC(=O)COc2ccc3ccc(=O)oc3c2)cc1. The summed E-state index contributed by atoms with van der Waals surface area (Å²) in [6, 6.07) is 15.9. The second-order valence-corrected chi connectivity index (χ2v) is 6.97. The summed E-state index contributed by atoms with van der Waals surface area (Å²) in [7, 11) is 0. The van der Waals surface area contributed by atoms with Crippen LogP contribution in [-0.4, -0.2) is 19.1 Å². The number of fused-ring (bicyclic) bond motifs is 1. The maximum atomic E-state index is 12.0. The molecule has 1 amide bonds. The number of hydrogen-bond acceptors (Lipinski definition) is 5. The molecular formula is C22H24N2O4. The van der Waals surface area contributed by atoms with E-state index in [4.69, 9.17) is 14.9 Å². The van der Waals surface area contributed by atoms with Gasteiger partial charge in [-0.1, -0.05) is 38.1 Å². The minimum atomic E-state index is -0.433. The molecule has 1 unspecified atom stereocenters. The van der Waals surface area contributed by atoms with Crippen molar-refractivity contribution in [1.29, 1.82) is 0 Å². The van der Waals surface area contributed by atoms with Crippen LogP contribution in [0.25, 0.3) is 11.0 Å². The van der Waals surface area contributed by atoms with E-state index in [1.165, 1.54) is 11.6 Å². The number of carbonyl (C=O) groups is 1. The highest BCUT2D eigenvalue weighted by Crippen LogP contribution is 2.19. The first kappa shape index (κ1) is 19.6. The van der Waals surface area contributed by atoms with Crippen molar-refractivity contribution in [2.24, 2.45) is 5.73 Å². The molecule has 3 aromatic rings. The maximum Gasteiger partial charge on any atom is 0.336 e. The zero-order valence-corrected chi connectivity index (χ0v) is 16.0. The second kappa shape index (κ2) is 8.71. The van der Waals surface area contributed by atoms with Gasteiger partial charge >= 0.3 is 5.63 Å². The zero-order valence-electron chi connectivity index (χ0n) is 16.0. The van der Waals surface area contributed by atoms with Gasteiger partial charge in [0.05, 0.1) is 0 Å². The summed E-state index contributed by atoms with van der Waals surface area (Å²) in [5.41, 5.74) is 8.35. The van der Waals surface area contributed by atoms with Crippen LogP contribution in [0.2, 0.25) is 0 Å². The predicted octanol–water partition coefficient (Wildman–Crippen LogP) is 3.11. The van der Waals surface area contributed by atoms with E-state index in [0.29, 0.717) is 23.8 Å². The minimum absolute atomic E-state index is 0.151. The Morgan fingerprint density at radius 1 is 1.07 bits per heavy atom. The molecule has 0 spiro atoms. The number of ether oxygens (including phenoxy) is 1. The Kier molecular flexibility index (Phi) is 6.11. The highest BCUT2D eigenvalue weighted by atomic mass is 16.5. The van der Waals surface area contributed by atoms with Gasteiger partial charge in [0.1, 0.15) is 11.3 Å². The van der Waals surface area contributed by atoms with E-state index in [-0.39, 0.29) is 18.6 Å². The van der Waals surface area contributed by atoms with E-state index in [1.54, 1.807) is 24.3 Å². The molecular weight excluding hydrogens is 356 g/mol. The van der Waals surface area contributed by atoms with Gasteiger partial charge in [-0.25, -0.2) is 4.79 Å². The molecule has 0 aliphatic heterocycles. The smallest absolute Gasteiger partial charge is 0.336 e. The van der Waals surface area contributed by atoms with Gasteiger partial charge in [-0.2, -0.15) is 0 Å². The number of nitrogens with two attached hydrogens (primary N) is 1. The third-order valence-corrected chi connectivity index (χ3v) is 4.51. The molecule has 0 aliphatic rings. The Morgan fingerprint density at radius 3 is 2.46 bits per heavy atom. The molecule has 0 aliphatic carbocycles. The first-order valence-electron chi connectivity index (χ1n) is 9.21. The van der Waals surface area contributed by atoms with Gasteiger partial charge in [-0.15, -0.1) is 0 Å². The first-order valence-corrected chi connectivity index (χ1v) is 9.21. The quantitative estimate of drug-likeness (QED) is 0.614. The van der Waals surface area contributed by atoms with E-state index in [0.717, 1.165) is 10.9 Å². The van der Waals surface area contributed by atoms with Crippen LogP contribution >= 0.6 is 0 Å². The number of amides is 1. The van der Waals surface area contributed by atoms with Crippen LogP contribution in [0.1, 0.15) is 36.9 Å². The Balaban J connectivity index is 1.50. The second-order valence-electron chi connectivity index (χ2n) is 6.97. The van der Waals surface area contributed by atoms with Gasteiger partial charge in [0, 0.05) is 30.1 Å². The van der Waals surface area contributed by atoms with Crippen molar-refractivity contribution in [3.8, 4) is 5.75 Å². The molecule has 6 nitrogen and oxygen atoms in total. The standard InChI is InChI=1S/C22H24N2O4/c1-14(2)15-3-5-16(6-4-15)19(23)12-24-21(25)13-27-18-9-7-17-8-10-22(26)28-20(17)11-18/h3-11,14,19H,12-13,23H2,1-2H3,(H,24,25). The molecule has 0 fully saturated rings. The summed E-state index contributed by atoms with van der Waals surface area (Å²) < 4.78 is 10.6. The van der Waals surface area contributed by atoms with E-state index in [1.807, 2.05) is 12.1 Å². The lowest BCUT2D eigenvalue weighted by atomic mass is 9.99. The highest BCUT2D eigenvalue weighted by molar-refractivity contribution is 5.79. The van der Waals surface area contributed by atoms with Crippen molar-refractivity contribution in [2.75, 3.05) is 13.2 Å². The average molecular weight is 380 g/mol. The number of hydrogen-bond donors (Lipinski definition) is 2. The molecule has 0 radical (unpaired) electrons. The molecule has 28 heavy (non-hydrogen) atoms. The van der Waals surface area contributed by atoms with Gasteiger partial charge in [0.15, 0.2) is 6.61 Å². The summed E-state index contributed by atoms with van der Waals surface area (Å²) >= 11 is 0. The summed E-state index contributed by atoms with van der Waals surface area (Å²) in [6.07, 6.45) is 0. The van der Waals surface area contributed by atoms with Gasteiger partial charge < -0.3 is 20.2 Å². The van der Waals surface area contributed by atoms with E-state index in [2.05, 4.69) is 31.3 Å². The van der Waals surface area contributed by atoms with Crippen LogP contribution < -0.4 is 21.4 Å². The van der Waals surface area contributed by atoms with Gasteiger partial charge in [0.25, 0.3) is 5.91 Å². The summed E-state index contributed by atoms with van der Waals surface area (Å²) in [5, 5.41) is 3.56. The van der Waals surface area contributed by atoms with Crippen molar-refractivity contribution in [3.05, 3.63) is 76.1 Å². The predicted molar refractivity (Wildman–Crippen MR) is 108 cm³/mol. The monoisotopic (exact) mass is 380 g/mol. The van der Waals surface area contributed by atoms with Gasteiger partial charge in [-0.05, 0) is 35.2 Å². The minimum Gasteiger partial charge on any atom is -0.484 e. The van der Waals surface area contributed by atoms with Crippen LogP contribution in [0.5, 0.6) is 5.75 Å². The maximum absolute atomic E-state index is 12.0. The van der Waals surface area contributed by atoms with Crippen LogP contribution in [0.3, 0.4) is 0 Å². The molecule has 2 aromatic carbocycles. The van der Waals surface area contributed by atoms with Crippen LogP contribution in [0.15, 0.2) is 63.8 Å². The third-order valence-electron chi connectivity index (χ3n) is 4.51. The normalized spacial score (nSPS) is 12.1. The lowest BCUT2D eigenvalue weighted by molar-refractivity contribution is -0.123. The van der Waals surface area contributed by atoms with Crippen LogP contribution in [0.4, 0.5) is 0 Å². The average Bonchev–Trinajstić information content (AvgIpc) is 2.70. The number of carbonyl (C=O) groups excluding carboxylic acids is 1. The molecule has 0 saturated carbocycles. The summed E-state index contributed by atoms with van der Waals surface area (Å²) in [5.74, 6) is 0.639. The van der Waals surface area contributed by atoms with Crippen molar-refractivity contribution >= 4 is 16.9 Å². The molecule has 1 atom stereocenters. The molecule has 1 aromatic heterocycles. The van der Waals surface area contributed by atoms with Gasteiger partial charge in [0.2, 0.25) is 0 Å². The van der Waals surface area contributed by atoms with Crippen LogP contribution in [-0.2, 0) is 4.79 Å². The largest absolute Gasteiger partial charge is 0.484 e. The van der Waals surface area contributed by atoms with E-state index < -0.39 is 5.63 Å². The molecule has 3 rings (SSSR count). The number of benzene rings is 2. The fourth-order valence-corrected chi connectivity index (χ4v) is 2.80. The third kappa shape index (κ3) is 4.98. The van der Waals surface area contributed by atoms with Crippen molar-refractivity contribution < 1.29 is 13.9 Å². The fourth-order valence-electron chi connectivity index (χ4n) is 2.80. The Hall–Kier alpha value is -3.12. The van der Waals surface area contributed by atoms with Crippen molar-refractivity contribution in [2.45, 2.75) is 25.8 Å². The molecule has 1 heterocycles. The van der Waals surface area contributed by atoms with Gasteiger partial charge in [-0.3, -0.25) is 4.79 Å².